The standard InChI is InChI=1S/C20H22N2O3S/c1-13(2)19(24)21-15-6-4-14(5-7-15)20-22(18(23)12-26-20)16-8-10-17(25-3)11-9-16/h4-11,13,20H,12H2,1-3H3,(H,21,24). The molecule has 3 rings (SSSR count). The summed E-state index contributed by atoms with van der Waals surface area (Å²) in [7, 11) is 1.62. The lowest BCUT2D eigenvalue weighted by Gasteiger charge is -2.24. The molecule has 1 atom stereocenters. The van der Waals surface area contributed by atoms with Crippen LogP contribution in [0, 0.1) is 5.92 Å². The third-order valence-electron chi connectivity index (χ3n) is 4.21. The summed E-state index contributed by atoms with van der Waals surface area (Å²) in [4.78, 5) is 26.0. The number of amides is 2. The van der Waals surface area contributed by atoms with Crippen LogP contribution in [0.4, 0.5) is 11.4 Å². The van der Waals surface area contributed by atoms with E-state index >= 15 is 0 Å². The Morgan fingerprint density at radius 3 is 2.38 bits per heavy atom. The van der Waals surface area contributed by atoms with Gasteiger partial charge in [0.2, 0.25) is 11.8 Å². The van der Waals surface area contributed by atoms with Crippen LogP contribution in [0.1, 0.15) is 24.8 Å². The van der Waals surface area contributed by atoms with Crippen molar-refractivity contribution in [3.63, 3.8) is 0 Å². The molecule has 26 heavy (non-hydrogen) atoms. The van der Waals surface area contributed by atoms with E-state index in [0.717, 1.165) is 22.7 Å². The number of rotatable bonds is 5. The van der Waals surface area contributed by atoms with Gasteiger partial charge in [0.05, 0.1) is 12.9 Å². The van der Waals surface area contributed by atoms with Crippen LogP contribution in [-0.2, 0) is 9.59 Å². The number of methoxy groups -OCH3 is 1. The molecule has 5 nitrogen and oxygen atoms in total. The Balaban J connectivity index is 1.80. The third kappa shape index (κ3) is 3.85. The molecule has 6 heteroatoms. The lowest BCUT2D eigenvalue weighted by molar-refractivity contribution is -0.119. The van der Waals surface area contributed by atoms with Gasteiger partial charge in [0.15, 0.2) is 0 Å². The van der Waals surface area contributed by atoms with Gasteiger partial charge in [0.1, 0.15) is 11.1 Å². The molecule has 1 fully saturated rings. The molecule has 1 heterocycles. The normalized spacial score (nSPS) is 16.8. The molecule has 0 saturated carbocycles. The molecule has 0 aromatic heterocycles. The van der Waals surface area contributed by atoms with E-state index in [1.807, 2.05) is 67.3 Å². The third-order valence-corrected chi connectivity index (χ3v) is 5.42. The Bertz CT molecular complexity index is 788. The molecular weight excluding hydrogens is 348 g/mol. The van der Waals surface area contributed by atoms with Crippen molar-refractivity contribution in [1.29, 1.82) is 0 Å². The summed E-state index contributed by atoms with van der Waals surface area (Å²) < 4.78 is 5.19. The van der Waals surface area contributed by atoms with Crippen molar-refractivity contribution in [3.8, 4) is 5.75 Å². The second kappa shape index (κ2) is 7.83. The molecule has 2 aromatic carbocycles. The molecule has 0 radical (unpaired) electrons. The van der Waals surface area contributed by atoms with Crippen LogP contribution in [0.15, 0.2) is 48.5 Å². The molecule has 1 N–H and O–H groups in total. The van der Waals surface area contributed by atoms with Gasteiger partial charge in [0.25, 0.3) is 0 Å². The summed E-state index contributed by atoms with van der Waals surface area (Å²) in [6.07, 6.45) is 0. The van der Waals surface area contributed by atoms with Crippen molar-refractivity contribution in [3.05, 3.63) is 54.1 Å². The number of anilines is 2. The van der Waals surface area contributed by atoms with Gasteiger partial charge < -0.3 is 10.1 Å². The average Bonchev–Trinajstić information content (AvgIpc) is 3.04. The van der Waals surface area contributed by atoms with Crippen molar-refractivity contribution in [2.75, 3.05) is 23.1 Å². The van der Waals surface area contributed by atoms with E-state index in [-0.39, 0.29) is 23.1 Å². The van der Waals surface area contributed by atoms with Gasteiger partial charge in [-0.05, 0) is 42.0 Å². The van der Waals surface area contributed by atoms with Crippen molar-refractivity contribution >= 4 is 35.0 Å². The zero-order valence-corrected chi connectivity index (χ0v) is 15.9. The first kappa shape index (κ1) is 18.3. The number of carbonyl (C=O) groups excluding carboxylic acids is 2. The molecule has 1 saturated heterocycles. The largest absolute Gasteiger partial charge is 0.497 e. The van der Waals surface area contributed by atoms with Gasteiger partial charge in [-0.3, -0.25) is 14.5 Å². The number of benzene rings is 2. The highest BCUT2D eigenvalue weighted by atomic mass is 32.2. The summed E-state index contributed by atoms with van der Waals surface area (Å²) >= 11 is 1.60. The van der Waals surface area contributed by atoms with E-state index < -0.39 is 0 Å². The van der Waals surface area contributed by atoms with Crippen LogP contribution < -0.4 is 15.0 Å². The minimum Gasteiger partial charge on any atom is -0.497 e. The zero-order chi connectivity index (χ0) is 18.7. The number of hydrogen-bond acceptors (Lipinski definition) is 4. The van der Waals surface area contributed by atoms with Gasteiger partial charge in [-0.1, -0.05) is 26.0 Å². The fraction of sp³-hybridized carbons (Fsp3) is 0.300. The molecule has 1 aliphatic heterocycles. The maximum absolute atomic E-state index is 12.4. The van der Waals surface area contributed by atoms with Crippen molar-refractivity contribution < 1.29 is 14.3 Å². The Hall–Kier alpha value is -2.47. The number of nitrogens with zero attached hydrogens (tertiary/aromatic N) is 1. The SMILES string of the molecule is COc1ccc(N2C(=O)CSC2c2ccc(NC(=O)C(C)C)cc2)cc1. The number of nitrogens with one attached hydrogen (secondary N) is 1. The summed E-state index contributed by atoms with van der Waals surface area (Å²) in [5.41, 5.74) is 2.64. The molecule has 2 aromatic rings. The Kier molecular flexibility index (Phi) is 5.52. The van der Waals surface area contributed by atoms with Crippen molar-refractivity contribution in [2.45, 2.75) is 19.2 Å². The number of carbonyl (C=O) groups is 2. The lowest BCUT2D eigenvalue weighted by Crippen LogP contribution is -2.27. The van der Waals surface area contributed by atoms with E-state index in [0.29, 0.717) is 5.75 Å². The monoisotopic (exact) mass is 370 g/mol. The van der Waals surface area contributed by atoms with Crippen LogP contribution in [0.5, 0.6) is 5.75 Å². The van der Waals surface area contributed by atoms with Crippen LogP contribution in [0.2, 0.25) is 0 Å². The van der Waals surface area contributed by atoms with Gasteiger partial charge in [0, 0.05) is 17.3 Å². The molecule has 0 spiro atoms. The van der Waals surface area contributed by atoms with Gasteiger partial charge in [-0.25, -0.2) is 0 Å². The van der Waals surface area contributed by atoms with Crippen LogP contribution in [-0.4, -0.2) is 24.7 Å². The van der Waals surface area contributed by atoms with E-state index in [2.05, 4.69) is 5.32 Å². The molecule has 2 amide bonds. The summed E-state index contributed by atoms with van der Waals surface area (Å²) in [6, 6.07) is 15.2. The zero-order valence-electron chi connectivity index (χ0n) is 15.1. The molecule has 136 valence electrons. The summed E-state index contributed by atoms with van der Waals surface area (Å²) in [6.45, 7) is 3.72. The highest BCUT2D eigenvalue weighted by Crippen LogP contribution is 2.42. The van der Waals surface area contributed by atoms with Gasteiger partial charge in [-0.2, -0.15) is 0 Å². The van der Waals surface area contributed by atoms with Crippen LogP contribution in [0.25, 0.3) is 0 Å². The van der Waals surface area contributed by atoms with E-state index in [4.69, 9.17) is 4.74 Å². The molecule has 0 aliphatic carbocycles. The average molecular weight is 370 g/mol. The van der Waals surface area contributed by atoms with Crippen molar-refractivity contribution in [1.82, 2.24) is 0 Å². The molecular formula is C20H22N2O3S. The first-order valence-electron chi connectivity index (χ1n) is 8.48. The van der Waals surface area contributed by atoms with E-state index in [1.54, 1.807) is 18.9 Å². The Morgan fingerprint density at radius 2 is 1.81 bits per heavy atom. The highest BCUT2D eigenvalue weighted by molar-refractivity contribution is 8.00. The van der Waals surface area contributed by atoms with E-state index in [1.165, 1.54) is 0 Å². The predicted octanol–water partition coefficient (Wildman–Crippen LogP) is 4.07. The fourth-order valence-corrected chi connectivity index (χ4v) is 3.89. The number of thioether (sulfide) groups is 1. The minimum atomic E-state index is -0.0780. The summed E-state index contributed by atoms with van der Waals surface area (Å²) in [5.74, 6) is 1.21. The minimum absolute atomic E-state index is 0.0111. The first-order chi connectivity index (χ1) is 12.5. The highest BCUT2D eigenvalue weighted by Gasteiger charge is 2.34. The smallest absolute Gasteiger partial charge is 0.238 e. The maximum Gasteiger partial charge on any atom is 0.238 e. The van der Waals surface area contributed by atoms with Crippen LogP contribution in [0.3, 0.4) is 0 Å². The number of ether oxygens (including phenoxy) is 1. The molecule has 1 unspecified atom stereocenters. The molecule has 0 bridgehead atoms. The summed E-state index contributed by atoms with van der Waals surface area (Å²) in [5, 5.41) is 2.81. The van der Waals surface area contributed by atoms with Gasteiger partial charge in [-0.15, -0.1) is 11.8 Å². The van der Waals surface area contributed by atoms with E-state index in [9.17, 15) is 9.59 Å². The Morgan fingerprint density at radius 1 is 1.15 bits per heavy atom. The Labute approximate surface area is 157 Å². The lowest BCUT2D eigenvalue weighted by atomic mass is 10.1. The predicted molar refractivity (Wildman–Crippen MR) is 106 cm³/mol. The second-order valence-electron chi connectivity index (χ2n) is 6.39. The maximum atomic E-state index is 12.4. The first-order valence-corrected chi connectivity index (χ1v) is 9.53. The topological polar surface area (TPSA) is 58.6 Å². The van der Waals surface area contributed by atoms with Gasteiger partial charge >= 0.3 is 0 Å². The number of hydrogen-bond donors (Lipinski definition) is 1. The quantitative estimate of drug-likeness (QED) is 0.862. The second-order valence-corrected chi connectivity index (χ2v) is 7.46. The molecule has 1 aliphatic rings. The van der Waals surface area contributed by atoms with Crippen LogP contribution >= 0.6 is 11.8 Å². The fourth-order valence-electron chi connectivity index (χ4n) is 2.71. The van der Waals surface area contributed by atoms with Crippen molar-refractivity contribution in [2.24, 2.45) is 5.92 Å².